The molecule has 0 aliphatic carbocycles. The molecule has 1 atom stereocenters. The monoisotopic (exact) mass is 352 g/mol. The minimum atomic E-state index is -0.464. The van der Waals surface area contributed by atoms with Crippen LogP contribution < -0.4 is 10.6 Å². The standard InChI is InChI=1S/C18H25ClN2O3/c1-4-24-18(23)21-16(11-13(2)3)12-20-17(22)10-7-14-5-8-15(19)9-6-14/h5-10,13,16H,4,11-12H2,1-3H3,(H,20,22)(H,21,23)/b10-7+. The third-order valence-electron chi connectivity index (χ3n) is 3.17. The first-order valence-electron chi connectivity index (χ1n) is 8.05. The van der Waals surface area contributed by atoms with Gasteiger partial charge in [-0.15, -0.1) is 0 Å². The first-order valence-corrected chi connectivity index (χ1v) is 8.43. The Labute approximate surface area is 148 Å². The van der Waals surface area contributed by atoms with E-state index in [1.165, 1.54) is 6.08 Å². The van der Waals surface area contributed by atoms with E-state index in [-0.39, 0.29) is 11.9 Å². The smallest absolute Gasteiger partial charge is 0.407 e. The van der Waals surface area contributed by atoms with Gasteiger partial charge >= 0.3 is 6.09 Å². The van der Waals surface area contributed by atoms with Crippen LogP contribution in [-0.4, -0.2) is 31.2 Å². The minimum absolute atomic E-state index is 0.170. The van der Waals surface area contributed by atoms with Crippen molar-refractivity contribution in [3.05, 3.63) is 40.9 Å². The lowest BCUT2D eigenvalue weighted by atomic mass is 10.0. The molecule has 0 spiro atoms. The lowest BCUT2D eigenvalue weighted by Crippen LogP contribution is -2.44. The van der Waals surface area contributed by atoms with Gasteiger partial charge in [-0.1, -0.05) is 37.6 Å². The summed E-state index contributed by atoms with van der Waals surface area (Å²) in [7, 11) is 0. The van der Waals surface area contributed by atoms with Crippen LogP contribution in [0.2, 0.25) is 5.02 Å². The molecule has 2 N–H and O–H groups in total. The molecule has 0 heterocycles. The molecule has 0 radical (unpaired) electrons. The molecule has 6 heteroatoms. The zero-order chi connectivity index (χ0) is 17.9. The number of hydrogen-bond acceptors (Lipinski definition) is 3. The summed E-state index contributed by atoms with van der Waals surface area (Å²) in [4.78, 5) is 23.5. The summed E-state index contributed by atoms with van der Waals surface area (Å²) in [6.07, 6.45) is 3.45. The number of ether oxygens (including phenoxy) is 1. The molecule has 0 saturated carbocycles. The highest BCUT2D eigenvalue weighted by Crippen LogP contribution is 2.10. The number of nitrogens with one attached hydrogen (secondary N) is 2. The lowest BCUT2D eigenvalue weighted by molar-refractivity contribution is -0.116. The van der Waals surface area contributed by atoms with E-state index in [9.17, 15) is 9.59 Å². The molecule has 2 amide bonds. The summed E-state index contributed by atoms with van der Waals surface area (Å²) >= 11 is 5.82. The predicted octanol–water partition coefficient (Wildman–Crippen LogP) is 3.63. The fourth-order valence-electron chi connectivity index (χ4n) is 2.13. The van der Waals surface area contributed by atoms with E-state index in [1.807, 2.05) is 12.1 Å². The Morgan fingerprint density at radius 2 is 1.92 bits per heavy atom. The number of benzene rings is 1. The SMILES string of the molecule is CCOC(=O)NC(CNC(=O)/C=C/c1ccc(Cl)cc1)CC(C)C. The number of hydrogen-bond donors (Lipinski definition) is 2. The Kier molecular flexibility index (Phi) is 8.94. The van der Waals surface area contributed by atoms with Gasteiger partial charge in [0.2, 0.25) is 5.91 Å². The van der Waals surface area contributed by atoms with Crippen LogP contribution in [0.15, 0.2) is 30.3 Å². The van der Waals surface area contributed by atoms with Crippen LogP contribution in [0.1, 0.15) is 32.8 Å². The van der Waals surface area contributed by atoms with Crippen molar-refractivity contribution in [1.29, 1.82) is 0 Å². The normalized spacial score (nSPS) is 12.2. The van der Waals surface area contributed by atoms with Gasteiger partial charge in [0.1, 0.15) is 0 Å². The van der Waals surface area contributed by atoms with Crippen molar-refractivity contribution in [2.75, 3.05) is 13.2 Å². The third kappa shape index (κ3) is 8.58. The zero-order valence-corrected chi connectivity index (χ0v) is 15.1. The van der Waals surface area contributed by atoms with Crippen molar-refractivity contribution in [2.24, 2.45) is 5.92 Å². The number of halogens is 1. The van der Waals surface area contributed by atoms with E-state index in [0.717, 1.165) is 12.0 Å². The molecular formula is C18H25ClN2O3. The first kappa shape index (κ1) is 20.0. The Bertz CT molecular complexity index is 556. The van der Waals surface area contributed by atoms with Gasteiger partial charge in [-0.25, -0.2) is 4.79 Å². The first-order chi connectivity index (χ1) is 11.4. The van der Waals surface area contributed by atoms with Gasteiger partial charge in [-0.05, 0) is 43.0 Å². The Balaban J connectivity index is 2.50. The highest BCUT2D eigenvalue weighted by atomic mass is 35.5. The third-order valence-corrected chi connectivity index (χ3v) is 3.43. The molecule has 0 fully saturated rings. The molecular weight excluding hydrogens is 328 g/mol. The van der Waals surface area contributed by atoms with Crippen LogP contribution in [0.4, 0.5) is 4.79 Å². The average Bonchev–Trinajstić information content (AvgIpc) is 2.51. The van der Waals surface area contributed by atoms with Gasteiger partial charge in [0.05, 0.1) is 6.61 Å². The number of alkyl carbamates (subject to hydrolysis) is 1. The van der Waals surface area contributed by atoms with Crippen molar-refractivity contribution in [1.82, 2.24) is 10.6 Å². The molecule has 0 aliphatic heterocycles. The molecule has 5 nitrogen and oxygen atoms in total. The van der Waals surface area contributed by atoms with Gasteiger partial charge < -0.3 is 15.4 Å². The molecule has 0 aromatic heterocycles. The fourth-order valence-corrected chi connectivity index (χ4v) is 2.26. The maximum Gasteiger partial charge on any atom is 0.407 e. The molecule has 24 heavy (non-hydrogen) atoms. The lowest BCUT2D eigenvalue weighted by Gasteiger charge is -2.20. The molecule has 1 rings (SSSR count). The maximum absolute atomic E-state index is 11.9. The fraction of sp³-hybridized carbons (Fsp3) is 0.444. The highest BCUT2D eigenvalue weighted by Gasteiger charge is 2.15. The summed E-state index contributed by atoms with van der Waals surface area (Å²) in [5.74, 6) is 0.169. The largest absolute Gasteiger partial charge is 0.450 e. The van der Waals surface area contributed by atoms with Crippen molar-refractivity contribution >= 4 is 29.7 Å². The molecule has 1 unspecified atom stereocenters. The summed E-state index contributed by atoms with van der Waals surface area (Å²) in [6, 6.07) is 7.02. The van der Waals surface area contributed by atoms with Crippen molar-refractivity contribution in [3.8, 4) is 0 Å². The van der Waals surface area contributed by atoms with Gasteiger partial charge in [0, 0.05) is 23.7 Å². The maximum atomic E-state index is 11.9. The van der Waals surface area contributed by atoms with Crippen LogP contribution in [0, 0.1) is 5.92 Å². The molecule has 0 bridgehead atoms. The minimum Gasteiger partial charge on any atom is -0.450 e. The Morgan fingerprint density at radius 1 is 1.25 bits per heavy atom. The Morgan fingerprint density at radius 3 is 2.50 bits per heavy atom. The summed E-state index contributed by atoms with van der Waals surface area (Å²) < 4.78 is 4.89. The van der Waals surface area contributed by atoms with Gasteiger partial charge in [-0.2, -0.15) is 0 Å². The summed E-state index contributed by atoms with van der Waals surface area (Å²) in [6.45, 7) is 6.53. The van der Waals surface area contributed by atoms with Crippen LogP contribution in [-0.2, 0) is 9.53 Å². The topological polar surface area (TPSA) is 67.4 Å². The van der Waals surface area contributed by atoms with Crippen molar-refractivity contribution < 1.29 is 14.3 Å². The molecule has 0 saturated heterocycles. The average molecular weight is 353 g/mol. The Hall–Kier alpha value is -2.01. The quantitative estimate of drug-likeness (QED) is 0.702. The van der Waals surface area contributed by atoms with E-state index in [1.54, 1.807) is 25.1 Å². The number of amides is 2. The molecule has 1 aromatic rings. The van der Waals surface area contributed by atoms with Gasteiger partial charge in [-0.3, -0.25) is 4.79 Å². The van der Waals surface area contributed by atoms with E-state index >= 15 is 0 Å². The van der Waals surface area contributed by atoms with E-state index in [0.29, 0.717) is 24.1 Å². The second kappa shape index (κ2) is 10.7. The van der Waals surface area contributed by atoms with Gasteiger partial charge in [0.25, 0.3) is 0 Å². The molecule has 132 valence electrons. The summed E-state index contributed by atoms with van der Waals surface area (Å²) in [5.41, 5.74) is 0.887. The van der Waals surface area contributed by atoms with Crippen molar-refractivity contribution in [2.45, 2.75) is 33.2 Å². The second-order valence-corrected chi connectivity index (χ2v) is 6.26. The predicted molar refractivity (Wildman–Crippen MR) is 96.9 cm³/mol. The molecule has 0 aliphatic rings. The van der Waals surface area contributed by atoms with Crippen LogP contribution in [0.25, 0.3) is 6.08 Å². The zero-order valence-electron chi connectivity index (χ0n) is 14.3. The van der Waals surface area contributed by atoms with E-state index in [2.05, 4.69) is 24.5 Å². The van der Waals surface area contributed by atoms with E-state index < -0.39 is 6.09 Å². The van der Waals surface area contributed by atoms with E-state index in [4.69, 9.17) is 16.3 Å². The van der Waals surface area contributed by atoms with Crippen LogP contribution in [0.3, 0.4) is 0 Å². The molecule has 1 aromatic carbocycles. The summed E-state index contributed by atoms with van der Waals surface area (Å²) in [5, 5.41) is 6.22. The van der Waals surface area contributed by atoms with Crippen LogP contribution >= 0.6 is 11.6 Å². The number of carbonyl (C=O) groups excluding carboxylic acids is 2. The highest BCUT2D eigenvalue weighted by molar-refractivity contribution is 6.30. The van der Waals surface area contributed by atoms with Crippen LogP contribution in [0.5, 0.6) is 0 Å². The number of carbonyl (C=O) groups is 2. The van der Waals surface area contributed by atoms with Gasteiger partial charge in [0.15, 0.2) is 0 Å². The van der Waals surface area contributed by atoms with Crippen molar-refractivity contribution in [3.63, 3.8) is 0 Å². The second-order valence-electron chi connectivity index (χ2n) is 5.82. The number of rotatable bonds is 8.